The van der Waals surface area contributed by atoms with E-state index in [2.05, 4.69) is 5.32 Å². The molecule has 2 amide bonds. The van der Waals surface area contributed by atoms with Gasteiger partial charge in [0.15, 0.2) is 0 Å². The number of nitrogens with one attached hydrogen (secondary N) is 1. The van der Waals surface area contributed by atoms with Crippen molar-refractivity contribution in [3.8, 4) is 0 Å². The maximum absolute atomic E-state index is 13.2. The second-order valence-corrected chi connectivity index (χ2v) is 7.59. The minimum Gasteiger partial charge on any atom is -0.352 e. The molecular formula is C23H26N2O2. The van der Waals surface area contributed by atoms with Gasteiger partial charge in [0.05, 0.1) is 0 Å². The SMILES string of the molecule is O=C(NC1CCCCCC1)[C@@H]1Cc2ccccc2N1C(=O)c1ccccc1. The van der Waals surface area contributed by atoms with E-state index in [0.717, 1.165) is 24.1 Å². The van der Waals surface area contributed by atoms with Gasteiger partial charge in [0, 0.05) is 23.7 Å². The van der Waals surface area contributed by atoms with Crippen LogP contribution in [0.5, 0.6) is 0 Å². The fraction of sp³-hybridized carbons (Fsp3) is 0.391. The maximum Gasteiger partial charge on any atom is 0.259 e. The van der Waals surface area contributed by atoms with Crippen molar-refractivity contribution in [2.45, 2.75) is 57.0 Å². The van der Waals surface area contributed by atoms with Crippen LogP contribution in [0.1, 0.15) is 54.4 Å². The van der Waals surface area contributed by atoms with Gasteiger partial charge in [-0.2, -0.15) is 0 Å². The minimum absolute atomic E-state index is 0.0256. The summed E-state index contributed by atoms with van der Waals surface area (Å²) in [7, 11) is 0. The van der Waals surface area contributed by atoms with Gasteiger partial charge in [-0.3, -0.25) is 14.5 Å². The monoisotopic (exact) mass is 362 g/mol. The van der Waals surface area contributed by atoms with E-state index in [1.165, 1.54) is 25.7 Å². The van der Waals surface area contributed by atoms with Crippen molar-refractivity contribution in [2.24, 2.45) is 0 Å². The van der Waals surface area contributed by atoms with E-state index in [9.17, 15) is 9.59 Å². The Morgan fingerprint density at radius 2 is 1.52 bits per heavy atom. The highest BCUT2D eigenvalue weighted by molar-refractivity contribution is 6.11. The van der Waals surface area contributed by atoms with E-state index in [4.69, 9.17) is 0 Å². The highest BCUT2D eigenvalue weighted by Crippen LogP contribution is 2.33. The number of rotatable bonds is 3. The normalized spacial score (nSPS) is 20.0. The third-order valence-corrected chi connectivity index (χ3v) is 5.72. The van der Waals surface area contributed by atoms with Gasteiger partial charge < -0.3 is 5.32 Å². The van der Waals surface area contributed by atoms with Crippen molar-refractivity contribution in [1.29, 1.82) is 0 Å². The molecule has 4 heteroatoms. The molecule has 1 atom stereocenters. The van der Waals surface area contributed by atoms with Crippen LogP contribution in [-0.4, -0.2) is 23.9 Å². The molecule has 1 saturated carbocycles. The van der Waals surface area contributed by atoms with E-state index >= 15 is 0 Å². The fourth-order valence-electron chi connectivity index (χ4n) is 4.29. The van der Waals surface area contributed by atoms with Gasteiger partial charge >= 0.3 is 0 Å². The van der Waals surface area contributed by atoms with Crippen LogP contribution in [0.2, 0.25) is 0 Å². The van der Waals surface area contributed by atoms with Crippen molar-refractivity contribution >= 4 is 17.5 Å². The van der Waals surface area contributed by atoms with Gasteiger partial charge in [0.1, 0.15) is 6.04 Å². The zero-order valence-electron chi connectivity index (χ0n) is 15.6. The number of hydrogen-bond donors (Lipinski definition) is 1. The molecule has 0 bridgehead atoms. The highest BCUT2D eigenvalue weighted by Gasteiger charge is 2.39. The number of para-hydroxylation sites is 1. The minimum atomic E-state index is -0.474. The standard InChI is InChI=1S/C23H26N2O2/c26-22(24-19-13-6-1-2-7-14-19)21-16-18-12-8-9-15-20(18)25(21)23(27)17-10-4-3-5-11-17/h3-5,8-12,15,19,21H,1-2,6-7,13-14,16H2,(H,24,26)/t21-/m0/s1. The summed E-state index contributed by atoms with van der Waals surface area (Å²) in [5.74, 6) is -0.135. The van der Waals surface area contributed by atoms with Crippen LogP contribution in [0.4, 0.5) is 5.69 Å². The Kier molecular flexibility index (Phi) is 5.23. The molecular weight excluding hydrogens is 336 g/mol. The number of amides is 2. The molecule has 0 saturated heterocycles. The van der Waals surface area contributed by atoms with Crippen molar-refractivity contribution in [2.75, 3.05) is 4.90 Å². The first-order valence-electron chi connectivity index (χ1n) is 10.0. The van der Waals surface area contributed by atoms with Crippen LogP contribution in [0.15, 0.2) is 54.6 Å². The molecule has 0 unspecified atom stereocenters. The zero-order chi connectivity index (χ0) is 18.6. The van der Waals surface area contributed by atoms with Gasteiger partial charge in [-0.25, -0.2) is 0 Å². The molecule has 4 nitrogen and oxygen atoms in total. The summed E-state index contributed by atoms with van der Waals surface area (Å²) in [5.41, 5.74) is 2.52. The Bertz CT molecular complexity index is 810. The van der Waals surface area contributed by atoms with Gasteiger partial charge in [-0.1, -0.05) is 62.1 Å². The molecule has 140 valence electrons. The van der Waals surface area contributed by atoms with Gasteiger partial charge in [-0.05, 0) is 36.6 Å². The average Bonchev–Trinajstić information content (AvgIpc) is 2.91. The first kappa shape index (κ1) is 17.8. The Hall–Kier alpha value is -2.62. The lowest BCUT2D eigenvalue weighted by atomic mass is 10.1. The smallest absolute Gasteiger partial charge is 0.259 e. The lowest BCUT2D eigenvalue weighted by Gasteiger charge is -2.27. The largest absolute Gasteiger partial charge is 0.352 e. The Morgan fingerprint density at radius 1 is 0.852 bits per heavy atom. The molecule has 1 heterocycles. The van der Waals surface area contributed by atoms with Gasteiger partial charge in [0.2, 0.25) is 5.91 Å². The van der Waals surface area contributed by atoms with E-state index in [1.54, 1.807) is 4.90 Å². The average molecular weight is 362 g/mol. The predicted molar refractivity (Wildman–Crippen MR) is 107 cm³/mol. The van der Waals surface area contributed by atoms with Gasteiger partial charge in [-0.15, -0.1) is 0 Å². The summed E-state index contributed by atoms with van der Waals surface area (Å²) in [5, 5.41) is 3.24. The molecule has 27 heavy (non-hydrogen) atoms. The Labute approximate surface area is 160 Å². The molecule has 0 spiro atoms. The van der Waals surface area contributed by atoms with Crippen LogP contribution in [0.3, 0.4) is 0 Å². The number of anilines is 1. The molecule has 2 aromatic rings. The molecule has 1 aliphatic carbocycles. The first-order valence-corrected chi connectivity index (χ1v) is 10.0. The van der Waals surface area contributed by atoms with Gasteiger partial charge in [0.25, 0.3) is 5.91 Å². The van der Waals surface area contributed by atoms with E-state index in [0.29, 0.717) is 12.0 Å². The predicted octanol–water partition coefficient (Wildman–Crippen LogP) is 4.10. The molecule has 2 aromatic carbocycles. The van der Waals surface area contributed by atoms with Crippen LogP contribution < -0.4 is 10.2 Å². The second kappa shape index (κ2) is 7.95. The van der Waals surface area contributed by atoms with E-state index < -0.39 is 6.04 Å². The summed E-state index contributed by atoms with van der Waals surface area (Å²) >= 11 is 0. The van der Waals surface area contributed by atoms with Crippen LogP contribution >= 0.6 is 0 Å². The molecule has 1 fully saturated rings. The summed E-state index contributed by atoms with van der Waals surface area (Å²) in [6, 6.07) is 16.8. The first-order chi connectivity index (χ1) is 13.2. The topological polar surface area (TPSA) is 49.4 Å². The third kappa shape index (κ3) is 3.75. The number of carbonyl (C=O) groups is 2. The molecule has 1 N–H and O–H groups in total. The Morgan fingerprint density at radius 3 is 2.26 bits per heavy atom. The lowest BCUT2D eigenvalue weighted by molar-refractivity contribution is -0.123. The van der Waals surface area contributed by atoms with E-state index in [1.807, 2.05) is 54.6 Å². The van der Waals surface area contributed by atoms with Crippen molar-refractivity contribution in [3.05, 3.63) is 65.7 Å². The summed E-state index contributed by atoms with van der Waals surface area (Å²) < 4.78 is 0. The van der Waals surface area contributed by atoms with Crippen LogP contribution in [0.25, 0.3) is 0 Å². The van der Waals surface area contributed by atoms with Crippen molar-refractivity contribution < 1.29 is 9.59 Å². The van der Waals surface area contributed by atoms with Crippen molar-refractivity contribution in [1.82, 2.24) is 5.32 Å². The number of benzene rings is 2. The van der Waals surface area contributed by atoms with Crippen LogP contribution in [-0.2, 0) is 11.2 Å². The fourth-order valence-corrected chi connectivity index (χ4v) is 4.29. The highest BCUT2D eigenvalue weighted by atomic mass is 16.2. The summed E-state index contributed by atoms with van der Waals surface area (Å²) in [4.78, 5) is 28.0. The number of carbonyl (C=O) groups excluding carboxylic acids is 2. The summed E-state index contributed by atoms with van der Waals surface area (Å²) in [6.07, 6.45) is 7.49. The molecule has 2 aliphatic rings. The summed E-state index contributed by atoms with van der Waals surface area (Å²) in [6.45, 7) is 0. The Balaban J connectivity index is 1.59. The van der Waals surface area contributed by atoms with E-state index in [-0.39, 0.29) is 17.9 Å². The number of fused-ring (bicyclic) bond motifs is 1. The third-order valence-electron chi connectivity index (χ3n) is 5.72. The quantitative estimate of drug-likeness (QED) is 0.836. The molecule has 1 aliphatic heterocycles. The van der Waals surface area contributed by atoms with Crippen molar-refractivity contribution in [3.63, 3.8) is 0 Å². The number of nitrogens with zero attached hydrogens (tertiary/aromatic N) is 1. The molecule has 0 radical (unpaired) electrons. The maximum atomic E-state index is 13.2. The second-order valence-electron chi connectivity index (χ2n) is 7.59. The molecule has 4 rings (SSSR count). The van der Waals surface area contributed by atoms with Crippen LogP contribution in [0, 0.1) is 0 Å². The molecule has 0 aromatic heterocycles. The number of hydrogen-bond acceptors (Lipinski definition) is 2. The lowest BCUT2D eigenvalue weighted by Crippen LogP contribution is -2.50. The zero-order valence-corrected chi connectivity index (χ0v) is 15.6.